The van der Waals surface area contributed by atoms with Gasteiger partial charge in [-0.2, -0.15) is 0 Å². The van der Waals surface area contributed by atoms with E-state index in [4.69, 9.17) is 19.4 Å². The minimum Gasteiger partial charge on any atom is -0.726 e. The maximum Gasteiger partial charge on any atom is 0.218 e. The summed E-state index contributed by atoms with van der Waals surface area (Å²) in [7, 11) is -5.24. The molecule has 0 aliphatic carbocycles. The first kappa shape index (κ1) is 45.8. The highest BCUT2D eigenvalue weighted by molar-refractivity contribution is 7.80. The zero-order valence-corrected chi connectivity index (χ0v) is 35.8. The summed E-state index contributed by atoms with van der Waals surface area (Å²) in [6.07, 6.45) is 7.91. The van der Waals surface area contributed by atoms with E-state index in [0.29, 0.717) is 0 Å². The van der Waals surface area contributed by atoms with E-state index < -0.39 is 40.5 Å². The van der Waals surface area contributed by atoms with Crippen molar-refractivity contribution in [3.05, 3.63) is 120 Å². The minimum atomic E-state index is -5.24. The number of aliphatic hydroxyl groups excluding tert-OH is 1. The highest BCUT2D eigenvalue weighted by Crippen LogP contribution is 2.42. The zero-order valence-electron chi connectivity index (χ0n) is 34.9. The Balaban J connectivity index is 0.000000330. The number of benzene rings is 3. The molecule has 5 aromatic rings. The van der Waals surface area contributed by atoms with E-state index in [2.05, 4.69) is 42.6 Å². The lowest BCUT2D eigenvalue weighted by Crippen LogP contribution is -2.50. The van der Waals surface area contributed by atoms with Crippen LogP contribution in [-0.4, -0.2) is 93.2 Å². The van der Waals surface area contributed by atoms with E-state index in [1.807, 2.05) is 91.0 Å². The van der Waals surface area contributed by atoms with Crippen molar-refractivity contribution in [3.63, 3.8) is 0 Å². The van der Waals surface area contributed by atoms with Crippen LogP contribution < -0.4 is 5.73 Å². The lowest BCUT2D eigenvalue weighted by Gasteiger charge is -2.39. The number of nitrogens with zero attached hydrogens (tertiary/aromatic N) is 5. The molecule has 3 aromatic carbocycles. The number of anilines is 1. The fourth-order valence-corrected chi connectivity index (χ4v) is 8.48. The van der Waals surface area contributed by atoms with Crippen molar-refractivity contribution in [2.45, 2.75) is 109 Å². The normalized spacial score (nSPS) is 18.5. The summed E-state index contributed by atoms with van der Waals surface area (Å²) in [5.41, 5.74) is 7.64. The molecule has 320 valence electrons. The number of aromatic nitrogens is 4. The summed E-state index contributed by atoms with van der Waals surface area (Å²) < 4.78 is 55.6. The molecule has 0 bridgehead atoms. The summed E-state index contributed by atoms with van der Waals surface area (Å²) in [4.78, 5) is 12.3. The van der Waals surface area contributed by atoms with Crippen LogP contribution >= 0.6 is 0 Å². The van der Waals surface area contributed by atoms with Crippen LogP contribution in [0.15, 0.2) is 104 Å². The van der Waals surface area contributed by atoms with Crippen molar-refractivity contribution in [3.8, 4) is 0 Å². The van der Waals surface area contributed by atoms with Gasteiger partial charge in [0.2, 0.25) is 10.4 Å². The molecule has 3 N–H and O–H groups in total. The number of rotatable bonds is 21. The molecule has 59 heavy (non-hydrogen) atoms. The summed E-state index contributed by atoms with van der Waals surface area (Å²) in [6.45, 7) is 14.8. The molecule has 1 saturated heterocycles. The second-order valence-corrected chi connectivity index (χ2v) is 16.4. The number of hydrogen-bond donors (Lipinski definition) is 2. The van der Waals surface area contributed by atoms with Gasteiger partial charge in [0.05, 0.1) is 39.1 Å². The Morgan fingerprint density at radius 3 is 1.64 bits per heavy atom. The van der Waals surface area contributed by atoms with Gasteiger partial charge in [-0.3, -0.25) is 8.75 Å². The Morgan fingerprint density at radius 2 is 1.22 bits per heavy atom. The Labute approximate surface area is 350 Å². The first-order valence-corrected chi connectivity index (χ1v) is 22.4. The number of nitrogens with two attached hydrogens (primary N) is 1. The van der Waals surface area contributed by atoms with Crippen LogP contribution in [0.25, 0.3) is 11.2 Å². The monoisotopic (exact) mass is 830 g/mol. The Hall–Kier alpha value is -4.28. The topological polar surface area (TPSA) is 175 Å². The molecular weight excluding hydrogens is 769 g/mol. The van der Waals surface area contributed by atoms with Crippen molar-refractivity contribution < 1.29 is 36.2 Å². The predicted octanol–water partition coefficient (Wildman–Crippen LogP) is 7.52. The lowest BCUT2D eigenvalue weighted by molar-refractivity contribution is -0.929. The molecule has 6 rings (SSSR count). The highest BCUT2D eigenvalue weighted by Gasteiger charge is 2.49. The van der Waals surface area contributed by atoms with Gasteiger partial charge in [0.25, 0.3) is 0 Å². The third-order valence-electron chi connectivity index (χ3n) is 11.2. The van der Waals surface area contributed by atoms with Gasteiger partial charge in [0, 0.05) is 0 Å². The van der Waals surface area contributed by atoms with E-state index in [0.717, 1.165) is 16.7 Å². The summed E-state index contributed by atoms with van der Waals surface area (Å²) in [5.74, 6) is 0.0875. The molecule has 0 amide bonds. The van der Waals surface area contributed by atoms with Crippen LogP contribution in [-0.2, 0) is 29.7 Å². The van der Waals surface area contributed by atoms with E-state index in [-0.39, 0.29) is 23.6 Å². The van der Waals surface area contributed by atoms with Gasteiger partial charge in [-0.1, -0.05) is 144 Å². The van der Waals surface area contributed by atoms with Gasteiger partial charge in [-0.25, -0.2) is 23.4 Å². The van der Waals surface area contributed by atoms with Crippen LogP contribution in [0.4, 0.5) is 5.82 Å². The Morgan fingerprint density at radius 1 is 0.763 bits per heavy atom. The van der Waals surface area contributed by atoms with Crippen LogP contribution in [0.1, 0.15) is 102 Å². The van der Waals surface area contributed by atoms with Crippen molar-refractivity contribution in [2.75, 3.05) is 38.5 Å². The molecule has 2 aromatic heterocycles. The fourth-order valence-electron chi connectivity index (χ4n) is 8.00. The van der Waals surface area contributed by atoms with Crippen LogP contribution in [0, 0.1) is 0 Å². The maximum atomic E-state index is 11.7. The van der Waals surface area contributed by atoms with Crippen molar-refractivity contribution in [2.24, 2.45) is 0 Å². The second kappa shape index (κ2) is 21.8. The van der Waals surface area contributed by atoms with Crippen molar-refractivity contribution in [1.82, 2.24) is 19.5 Å². The van der Waals surface area contributed by atoms with Crippen molar-refractivity contribution >= 4 is 27.4 Å². The summed E-state index contributed by atoms with van der Waals surface area (Å²) in [6, 6.07) is 28.7. The number of aliphatic hydroxyl groups is 1. The van der Waals surface area contributed by atoms with Gasteiger partial charge in [-0.15, -0.1) is 0 Å². The van der Waals surface area contributed by atoms with Gasteiger partial charge in [-0.05, 0) is 42.4 Å². The zero-order chi connectivity index (χ0) is 42.3. The van der Waals surface area contributed by atoms with Crippen LogP contribution in [0.2, 0.25) is 0 Å². The molecule has 3 heterocycles. The number of fused-ring (bicyclic) bond motifs is 1. The van der Waals surface area contributed by atoms with Gasteiger partial charge < -0.3 is 29.3 Å². The molecule has 14 heteroatoms. The second-order valence-electron chi connectivity index (χ2n) is 15.3. The smallest absolute Gasteiger partial charge is 0.218 e. The molecular formula is C45H62N6O7S. The Kier molecular flexibility index (Phi) is 16.9. The average Bonchev–Trinajstić information content (AvgIpc) is 3.82. The number of imidazole rings is 1. The third-order valence-corrected chi connectivity index (χ3v) is 11.6. The average molecular weight is 831 g/mol. The number of hydrogen-bond acceptors (Lipinski definition) is 11. The number of unbranched alkanes of at least 4 members (excludes halogenated alkanes) is 4. The molecule has 0 saturated carbocycles. The fraction of sp³-hybridized carbons (Fsp3) is 0.489. The predicted molar refractivity (Wildman–Crippen MR) is 229 cm³/mol. The van der Waals surface area contributed by atoms with E-state index >= 15 is 0 Å². The first-order valence-electron chi connectivity index (χ1n) is 21.1. The maximum absolute atomic E-state index is 11.7. The summed E-state index contributed by atoms with van der Waals surface area (Å²) >= 11 is 0. The first-order chi connectivity index (χ1) is 28.5. The van der Waals surface area contributed by atoms with Crippen molar-refractivity contribution in [1.29, 1.82) is 0 Å². The van der Waals surface area contributed by atoms with Gasteiger partial charge in [0.15, 0.2) is 17.7 Å². The molecule has 0 radical (unpaired) electrons. The van der Waals surface area contributed by atoms with E-state index in [1.165, 1.54) is 99.3 Å². The largest absolute Gasteiger partial charge is 0.726 e. The quantitative estimate of drug-likeness (QED) is 0.0324. The molecule has 1 fully saturated rings. The number of ether oxygens (including phenoxy) is 2. The number of nitrogen functional groups attached to an aromatic ring is 1. The SMILES string of the molecule is CCCC[N+](CCCC)(CCCC)CCCC.Nc1ncnc2c1ncn2[C@@H]1O[C@H](COC(c2ccccc2)(c2ccccc2)c2ccccc2)[C@@H](O)[C@H]1OS(=O)(=O)[O-]. The molecule has 0 spiro atoms. The lowest BCUT2D eigenvalue weighted by atomic mass is 9.80. The minimum absolute atomic E-state index is 0.0875. The molecule has 4 atom stereocenters. The van der Waals surface area contributed by atoms with Gasteiger partial charge >= 0.3 is 0 Å². The van der Waals surface area contributed by atoms with Crippen LogP contribution in [0.5, 0.6) is 0 Å². The Bertz CT molecular complexity index is 1960. The number of quaternary nitrogens is 1. The van der Waals surface area contributed by atoms with Gasteiger partial charge in [0.1, 0.15) is 35.8 Å². The third kappa shape index (κ3) is 11.5. The van der Waals surface area contributed by atoms with Crippen LogP contribution in [0.3, 0.4) is 0 Å². The molecule has 0 unspecified atom stereocenters. The van der Waals surface area contributed by atoms with E-state index in [9.17, 15) is 18.1 Å². The molecule has 1 aliphatic rings. The standard InChI is InChI=1S/C29H27N5O7S.C16H36N/c30-26-23-27(32-17-31-26)34(18-33-23)28-25(41-42(36,37)38)24(35)22(40-28)16-39-29(19-10-4-1-5-11-19,20-12-6-2-7-13-20)21-14-8-3-9-15-21;1-5-9-13-17(14-10-6-2,15-11-7-3)16-12-8-4/h1-15,17-18,22,24-25,28,35H,16H2,(H2,30,31,32)(H,36,37,38);5-16H2,1-4H3/q;+1/p-1/t22-,24-,25-,28-;/m1./s1. The summed E-state index contributed by atoms with van der Waals surface area (Å²) in [5, 5.41) is 11.3. The van der Waals surface area contributed by atoms with E-state index in [1.54, 1.807) is 0 Å². The molecule has 1 aliphatic heterocycles. The molecule has 13 nitrogen and oxygen atoms in total. The highest BCUT2D eigenvalue weighted by atomic mass is 32.3.